The number of ether oxygens (including phenoxy) is 2. The Kier molecular flexibility index (Phi) is 7.34. The van der Waals surface area contributed by atoms with Gasteiger partial charge in [-0.05, 0) is 61.4 Å². The van der Waals surface area contributed by atoms with Crippen LogP contribution in [0.15, 0.2) is 53.4 Å². The molecule has 1 aliphatic heterocycles. The van der Waals surface area contributed by atoms with Crippen molar-refractivity contribution in [2.45, 2.75) is 30.8 Å². The number of halogens is 2. The van der Waals surface area contributed by atoms with E-state index in [2.05, 4.69) is 4.74 Å². The van der Waals surface area contributed by atoms with Crippen LogP contribution >= 0.6 is 0 Å². The van der Waals surface area contributed by atoms with Crippen LogP contribution in [-0.4, -0.2) is 50.8 Å². The van der Waals surface area contributed by atoms with Crippen LogP contribution in [0.3, 0.4) is 0 Å². The van der Waals surface area contributed by atoms with Crippen molar-refractivity contribution < 1.29 is 36.3 Å². The molecule has 0 spiro atoms. The molecule has 1 heterocycles. The minimum absolute atomic E-state index is 0.0909. The van der Waals surface area contributed by atoms with E-state index in [9.17, 15) is 26.8 Å². The Bertz CT molecular complexity index is 1020. The fourth-order valence-corrected chi connectivity index (χ4v) is 4.65. The van der Waals surface area contributed by atoms with Crippen molar-refractivity contribution in [2.75, 3.05) is 19.7 Å². The van der Waals surface area contributed by atoms with E-state index in [1.54, 1.807) is 0 Å². The van der Waals surface area contributed by atoms with E-state index in [-0.39, 0.29) is 21.8 Å². The maximum Gasteiger partial charge on any atom is 0.387 e. The van der Waals surface area contributed by atoms with E-state index < -0.39 is 35.0 Å². The summed E-state index contributed by atoms with van der Waals surface area (Å²) in [6.45, 7) is -2.57. The van der Waals surface area contributed by atoms with Gasteiger partial charge in [-0.25, -0.2) is 13.2 Å². The highest BCUT2D eigenvalue weighted by Gasteiger charge is 2.26. The molecule has 2 aromatic rings. The highest BCUT2D eigenvalue weighted by atomic mass is 32.2. The first-order valence-electron chi connectivity index (χ1n) is 9.63. The molecule has 3 rings (SSSR count). The lowest BCUT2D eigenvalue weighted by Crippen LogP contribution is -2.35. The second-order valence-corrected chi connectivity index (χ2v) is 8.83. The van der Waals surface area contributed by atoms with Crippen molar-refractivity contribution in [1.29, 1.82) is 0 Å². The number of alkyl halides is 2. The molecular formula is C21H21F2NO6S. The monoisotopic (exact) mass is 453 g/mol. The average molecular weight is 453 g/mol. The molecule has 0 amide bonds. The molecule has 0 N–H and O–H groups in total. The van der Waals surface area contributed by atoms with Crippen LogP contribution in [0.4, 0.5) is 8.78 Å². The largest absolute Gasteiger partial charge is 0.454 e. The van der Waals surface area contributed by atoms with Crippen LogP contribution in [0.1, 0.15) is 40.0 Å². The molecule has 2 aromatic carbocycles. The summed E-state index contributed by atoms with van der Waals surface area (Å²) in [6, 6.07) is 10.3. The predicted octanol–water partition coefficient (Wildman–Crippen LogP) is 3.50. The Labute approximate surface area is 178 Å². The van der Waals surface area contributed by atoms with Crippen molar-refractivity contribution in [3.8, 4) is 5.75 Å². The summed E-state index contributed by atoms with van der Waals surface area (Å²) in [7, 11) is -3.61. The van der Waals surface area contributed by atoms with Gasteiger partial charge in [-0.15, -0.1) is 0 Å². The fourth-order valence-electron chi connectivity index (χ4n) is 3.14. The lowest BCUT2D eigenvalue weighted by molar-refractivity contribution is -0.0498. The number of ketones is 1. The molecule has 166 valence electrons. The van der Waals surface area contributed by atoms with Gasteiger partial charge in [0.2, 0.25) is 10.0 Å². The summed E-state index contributed by atoms with van der Waals surface area (Å²) < 4.78 is 60.2. The molecule has 0 bridgehead atoms. The number of benzene rings is 2. The molecule has 0 aromatic heterocycles. The first-order chi connectivity index (χ1) is 14.8. The SMILES string of the molecule is O=C(COC(=O)c1ccc(S(=O)(=O)N2CCCCC2)cc1)c1ccc(OC(F)F)cc1. The highest BCUT2D eigenvalue weighted by Crippen LogP contribution is 2.21. The number of piperidine rings is 1. The van der Waals surface area contributed by atoms with E-state index in [0.717, 1.165) is 19.3 Å². The summed E-state index contributed by atoms with van der Waals surface area (Å²) in [6.07, 6.45) is 2.64. The van der Waals surface area contributed by atoms with Crippen molar-refractivity contribution in [3.05, 3.63) is 59.7 Å². The number of carbonyl (C=O) groups is 2. The van der Waals surface area contributed by atoms with Gasteiger partial charge < -0.3 is 9.47 Å². The van der Waals surface area contributed by atoms with Crippen LogP contribution < -0.4 is 4.74 Å². The zero-order chi connectivity index (χ0) is 22.4. The third kappa shape index (κ3) is 5.86. The molecule has 7 nitrogen and oxygen atoms in total. The number of carbonyl (C=O) groups excluding carboxylic acids is 2. The van der Waals surface area contributed by atoms with Crippen LogP contribution in [0.5, 0.6) is 5.75 Å². The fraction of sp³-hybridized carbons (Fsp3) is 0.333. The predicted molar refractivity (Wildman–Crippen MR) is 107 cm³/mol. The normalized spacial score (nSPS) is 14.9. The van der Waals surface area contributed by atoms with Gasteiger partial charge in [0.05, 0.1) is 10.5 Å². The third-order valence-corrected chi connectivity index (χ3v) is 6.69. The lowest BCUT2D eigenvalue weighted by Gasteiger charge is -2.25. The van der Waals surface area contributed by atoms with E-state index in [4.69, 9.17) is 4.74 Å². The maximum atomic E-state index is 12.6. The second-order valence-electron chi connectivity index (χ2n) is 6.89. The van der Waals surface area contributed by atoms with Gasteiger partial charge >= 0.3 is 12.6 Å². The van der Waals surface area contributed by atoms with Gasteiger partial charge in [0.15, 0.2) is 12.4 Å². The molecule has 0 saturated carbocycles. The minimum Gasteiger partial charge on any atom is -0.454 e. The van der Waals surface area contributed by atoms with Crippen LogP contribution in [0.25, 0.3) is 0 Å². The highest BCUT2D eigenvalue weighted by molar-refractivity contribution is 7.89. The number of nitrogens with zero attached hydrogens (tertiary/aromatic N) is 1. The number of esters is 1. The topological polar surface area (TPSA) is 90.0 Å². The van der Waals surface area contributed by atoms with Gasteiger partial charge in [-0.2, -0.15) is 13.1 Å². The zero-order valence-corrected chi connectivity index (χ0v) is 17.3. The van der Waals surface area contributed by atoms with Crippen molar-refractivity contribution >= 4 is 21.8 Å². The molecule has 31 heavy (non-hydrogen) atoms. The molecule has 0 unspecified atom stereocenters. The van der Waals surface area contributed by atoms with E-state index in [1.807, 2.05) is 0 Å². The first-order valence-corrected chi connectivity index (χ1v) is 11.1. The molecule has 10 heteroatoms. The first kappa shape index (κ1) is 22.8. The number of Topliss-reactive ketones (excluding diaryl/α,β-unsaturated/α-hetero) is 1. The van der Waals surface area contributed by atoms with Gasteiger partial charge in [0.1, 0.15) is 5.75 Å². The molecule has 0 atom stereocenters. The Morgan fingerprint density at radius 2 is 1.48 bits per heavy atom. The Hall–Kier alpha value is -2.85. The molecule has 0 radical (unpaired) electrons. The summed E-state index contributed by atoms with van der Waals surface area (Å²) >= 11 is 0. The van der Waals surface area contributed by atoms with E-state index >= 15 is 0 Å². The summed E-state index contributed by atoms with van der Waals surface area (Å²) in [5, 5.41) is 0. The quantitative estimate of drug-likeness (QED) is 0.449. The molecular weight excluding hydrogens is 432 g/mol. The average Bonchev–Trinajstić information content (AvgIpc) is 2.78. The lowest BCUT2D eigenvalue weighted by atomic mass is 10.1. The minimum atomic E-state index is -3.61. The van der Waals surface area contributed by atoms with Gasteiger partial charge in [-0.1, -0.05) is 6.42 Å². The van der Waals surface area contributed by atoms with Crippen molar-refractivity contribution in [3.63, 3.8) is 0 Å². The molecule has 1 aliphatic rings. The zero-order valence-electron chi connectivity index (χ0n) is 16.5. The molecule has 0 aliphatic carbocycles. The number of sulfonamides is 1. The molecule has 1 fully saturated rings. The Morgan fingerprint density at radius 1 is 0.903 bits per heavy atom. The van der Waals surface area contributed by atoms with Gasteiger partial charge in [0.25, 0.3) is 0 Å². The number of hydrogen-bond donors (Lipinski definition) is 0. The standard InChI is InChI=1S/C21H21F2NO6S/c22-21(23)30-17-8-4-15(5-9-17)19(25)14-29-20(26)16-6-10-18(11-7-16)31(27,28)24-12-2-1-3-13-24/h4-11,21H,1-3,12-14H2. The summed E-state index contributed by atoms with van der Waals surface area (Å²) in [5.74, 6) is -1.41. The summed E-state index contributed by atoms with van der Waals surface area (Å²) in [4.78, 5) is 24.4. The smallest absolute Gasteiger partial charge is 0.387 e. The van der Waals surface area contributed by atoms with Crippen LogP contribution in [-0.2, 0) is 14.8 Å². The Balaban J connectivity index is 1.57. The number of rotatable bonds is 8. The number of hydrogen-bond acceptors (Lipinski definition) is 6. The van der Waals surface area contributed by atoms with Crippen molar-refractivity contribution in [1.82, 2.24) is 4.31 Å². The third-order valence-electron chi connectivity index (χ3n) is 4.78. The Morgan fingerprint density at radius 3 is 2.06 bits per heavy atom. The molecule has 1 saturated heterocycles. The summed E-state index contributed by atoms with van der Waals surface area (Å²) in [5.41, 5.74) is 0.267. The van der Waals surface area contributed by atoms with Gasteiger partial charge in [0, 0.05) is 18.7 Å². The van der Waals surface area contributed by atoms with E-state index in [1.165, 1.54) is 52.8 Å². The van der Waals surface area contributed by atoms with Crippen molar-refractivity contribution in [2.24, 2.45) is 0 Å². The van der Waals surface area contributed by atoms with Gasteiger partial charge in [-0.3, -0.25) is 4.79 Å². The van der Waals surface area contributed by atoms with Crippen LogP contribution in [0.2, 0.25) is 0 Å². The van der Waals surface area contributed by atoms with Crippen LogP contribution in [0, 0.1) is 0 Å². The van der Waals surface area contributed by atoms with E-state index in [0.29, 0.717) is 13.1 Å². The maximum absolute atomic E-state index is 12.6. The second kappa shape index (κ2) is 9.97.